The lowest BCUT2D eigenvalue weighted by molar-refractivity contribution is 0.303. The second kappa shape index (κ2) is 7.63. The van der Waals surface area contributed by atoms with Crippen LogP contribution in [0.5, 0.6) is 5.19 Å². The zero-order valence-electron chi connectivity index (χ0n) is 11.6. The van der Waals surface area contributed by atoms with E-state index in [1.165, 1.54) is 17.1 Å². The van der Waals surface area contributed by atoms with Crippen LogP contribution < -0.4 is 4.74 Å². The SMILES string of the molecule is Clc1ccc(CSc2nsc(OCc3ccccc3)n2)cc1. The van der Waals surface area contributed by atoms with Gasteiger partial charge in [0.2, 0.25) is 5.16 Å². The minimum Gasteiger partial charge on any atom is -0.464 e. The Morgan fingerprint density at radius 1 is 1.00 bits per heavy atom. The quantitative estimate of drug-likeness (QED) is 0.583. The second-order valence-corrected chi connectivity index (χ2v) is 6.63. The highest BCUT2D eigenvalue weighted by molar-refractivity contribution is 7.98. The largest absolute Gasteiger partial charge is 0.464 e. The summed E-state index contributed by atoms with van der Waals surface area (Å²) in [6.45, 7) is 0.511. The normalized spacial score (nSPS) is 10.6. The first-order valence-electron chi connectivity index (χ1n) is 6.67. The summed E-state index contributed by atoms with van der Waals surface area (Å²) in [7, 11) is 0. The lowest BCUT2D eigenvalue weighted by atomic mass is 10.2. The van der Waals surface area contributed by atoms with Crippen molar-refractivity contribution in [2.75, 3.05) is 0 Å². The summed E-state index contributed by atoms with van der Waals surface area (Å²) in [6.07, 6.45) is 0. The monoisotopic (exact) mass is 348 g/mol. The number of hydrogen-bond donors (Lipinski definition) is 0. The van der Waals surface area contributed by atoms with Gasteiger partial charge in [-0.3, -0.25) is 0 Å². The summed E-state index contributed by atoms with van der Waals surface area (Å²) in [5.74, 6) is 0.812. The van der Waals surface area contributed by atoms with Crippen molar-refractivity contribution in [1.29, 1.82) is 0 Å². The molecule has 3 nitrogen and oxygen atoms in total. The Labute approximate surface area is 142 Å². The number of rotatable bonds is 6. The topological polar surface area (TPSA) is 35.0 Å². The molecule has 0 aliphatic rings. The van der Waals surface area contributed by atoms with E-state index < -0.39 is 0 Å². The number of thioether (sulfide) groups is 1. The fourth-order valence-electron chi connectivity index (χ4n) is 1.76. The molecule has 3 rings (SSSR count). The van der Waals surface area contributed by atoms with Crippen molar-refractivity contribution < 1.29 is 4.74 Å². The minimum atomic E-state index is 0.511. The maximum Gasteiger partial charge on any atom is 0.294 e. The van der Waals surface area contributed by atoms with Crippen molar-refractivity contribution >= 4 is 34.9 Å². The van der Waals surface area contributed by atoms with Crippen LogP contribution in [0, 0.1) is 0 Å². The van der Waals surface area contributed by atoms with Crippen molar-refractivity contribution in [3.8, 4) is 5.19 Å². The van der Waals surface area contributed by atoms with Crippen molar-refractivity contribution in [3.63, 3.8) is 0 Å². The number of benzene rings is 2. The Morgan fingerprint density at radius 3 is 2.55 bits per heavy atom. The number of hydrogen-bond acceptors (Lipinski definition) is 5. The van der Waals surface area contributed by atoms with Crippen LogP contribution in [-0.2, 0) is 12.4 Å². The van der Waals surface area contributed by atoms with Crippen molar-refractivity contribution in [2.45, 2.75) is 17.5 Å². The van der Waals surface area contributed by atoms with Gasteiger partial charge in [0.1, 0.15) is 6.61 Å². The molecule has 0 atom stereocenters. The highest BCUT2D eigenvalue weighted by Crippen LogP contribution is 2.25. The maximum atomic E-state index is 5.87. The highest BCUT2D eigenvalue weighted by Gasteiger charge is 2.06. The number of nitrogens with zero attached hydrogens (tertiary/aromatic N) is 2. The second-order valence-electron chi connectivity index (χ2n) is 4.53. The smallest absolute Gasteiger partial charge is 0.294 e. The predicted octanol–water partition coefficient (Wildman–Crippen LogP) is 5.06. The summed E-state index contributed by atoms with van der Waals surface area (Å²) in [4.78, 5) is 4.38. The third kappa shape index (κ3) is 4.47. The molecule has 0 bridgehead atoms. The van der Waals surface area contributed by atoms with Gasteiger partial charge in [-0.25, -0.2) is 0 Å². The van der Waals surface area contributed by atoms with Gasteiger partial charge in [-0.05, 0) is 23.3 Å². The average molecular weight is 349 g/mol. The number of halogens is 1. The Hall–Kier alpha value is -1.56. The molecule has 0 amide bonds. The van der Waals surface area contributed by atoms with Crippen LogP contribution in [0.3, 0.4) is 0 Å². The van der Waals surface area contributed by atoms with Gasteiger partial charge in [0, 0.05) is 22.3 Å². The molecule has 1 heterocycles. The van der Waals surface area contributed by atoms with Crippen LogP contribution in [-0.4, -0.2) is 9.36 Å². The van der Waals surface area contributed by atoms with E-state index in [-0.39, 0.29) is 0 Å². The van der Waals surface area contributed by atoms with E-state index in [4.69, 9.17) is 16.3 Å². The van der Waals surface area contributed by atoms with E-state index in [9.17, 15) is 0 Å². The maximum absolute atomic E-state index is 5.87. The van der Waals surface area contributed by atoms with Crippen LogP contribution in [0.1, 0.15) is 11.1 Å². The molecule has 0 aliphatic carbocycles. The van der Waals surface area contributed by atoms with Gasteiger partial charge in [0.25, 0.3) is 5.19 Å². The molecule has 0 aliphatic heterocycles. The molecule has 0 radical (unpaired) electrons. The Morgan fingerprint density at radius 2 is 1.77 bits per heavy atom. The molecular formula is C16H13ClN2OS2. The number of ether oxygens (including phenoxy) is 1. The average Bonchev–Trinajstić information content (AvgIpc) is 3.01. The third-order valence-corrected chi connectivity index (χ3v) is 4.79. The fourth-order valence-corrected chi connectivity index (χ4v) is 3.34. The molecule has 6 heteroatoms. The first kappa shape index (κ1) is 15.3. The zero-order chi connectivity index (χ0) is 15.2. The first-order chi connectivity index (χ1) is 10.8. The van der Waals surface area contributed by atoms with Gasteiger partial charge < -0.3 is 4.74 Å². The van der Waals surface area contributed by atoms with Crippen LogP contribution >= 0.6 is 34.9 Å². The molecule has 112 valence electrons. The summed E-state index contributed by atoms with van der Waals surface area (Å²) in [5.41, 5.74) is 2.31. The standard InChI is InChI=1S/C16H13ClN2OS2/c17-14-8-6-13(7-9-14)11-21-15-18-16(22-19-15)20-10-12-4-2-1-3-5-12/h1-9H,10-11H2. The van der Waals surface area contributed by atoms with E-state index in [2.05, 4.69) is 9.36 Å². The van der Waals surface area contributed by atoms with Gasteiger partial charge >= 0.3 is 0 Å². The van der Waals surface area contributed by atoms with Gasteiger partial charge in [0.15, 0.2) is 0 Å². The molecule has 0 fully saturated rings. The minimum absolute atomic E-state index is 0.511. The van der Waals surface area contributed by atoms with Gasteiger partial charge in [-0.1, -0.05) is 65.8 Å². The Kier molecular flexibility index (Phi) is 5.32. The van der Waals surface area contributed by atoms with Gasteiger partial charge in [0.05, 0.1) is 0 Å². The van der Waals surface area contributed by atoms with Crippen LogP contribution in [0.4, 0.5) is 0 Å². The lowest BCUT2D eigenvalue weighted by Gasteiger charge is -2.01. The molecular weight excluding hydrogens is 336 g/mol. The molecule has 22 heavy (non-hydrogen) atoms. The summed E-state index contributed by atoms with van der Waals surface area (Å²) >= 11 is 8.74. The van der Waals surface area contributed by atoms with Crippen molar-refractivity contribution in [2.24, 2.45) is 0 Å². The fraction of sp³-hybridized carbons (Fsp3) is 0.125. The zero-order valence-corrected chi connectivity index (χ0v) is 14.0. The molecule has 0 unspecified atom stereocenters. The van der Waals surface area contributed by atoms with Gasteiger partial charge in [-0.2, -0.15) is 9.36 Å². The molecule has 0 N–H and O–H groups in total. The van der Waals surface area contributed by atoms with Gasteiger partial charge in [-0.15, -0.1) is 0 Å². The van der Waals surface area contributed by atoms with Crippen LogP contribution in [0.2, 0.25) is 5.02 Å². The molecule has 1 aromatic heterocycles. The Balaban J connectivity index is 1.51. The highest BCUT2D eigenvalue weighted by atomic mass is 35.5. The molecule has 3 aromatic rings. The Bertz CT molecular complexity index is 717. The van der Waals surface area contributed by atoms with E-state index >= 15 is 0 Å². The van der Waals surface area contributed by atoms with E-state index in [0.717, 1.165) is 21.5 Å². The third-order valence-electron chi connectivity index (χ3n) is 2.88. The predicted molar refractivity (Wildman–Crippen MR) is 91.7 cm³/mol. The molecule has 2 aromatic carbocycles. The molecule has 0 saturated heterocycles. The van der Waals surface area contributed by atoms with Crippen molar-refractivity contribution in [1.82, 2.24) is 9.36 Å². The lowest BCUT2D eigenvalue weighted by Crippen LogP contribution is -1.94. The van der Waals surface area contributed by atoms with E-state index in [0.29, 0.717) is 11.8 Å². The summed E-state index contributed by atoms with van der Waals surface area (Å²) in [5, 5.41) is 2.09. The summed E-state index contributed by atoms with van der Waals surface area (Å²) < 4.78 is 9.96. The molecule has 0 spiro atoms. The van der Waals surface area contributed by atoms with E-state index in [1.807, 2.05) is 54.6 Å². The van der Waals surface area contributed by atoms with Crippen LogP contribution in [0.25, 0.3) is 0 Å². The van der Waals surface area contributed by atoms with Crippen molar-refractivity contribution in [3.05, 3.63) is 70.7 Å². The summed E-state index contributed by atoms with van der Waals surface area (Å²) in [6, 6.07) is 17.8. The first-order valence-corrected chi connectivity index (χ1v) is 8.81. The van der Waals surface area contributed by atoms with Crippen LogP contribution in [0.15, 0.2) is 59.8 Å². The molecule has 0 saturated carbocycles. The van der Waals surface area contributed by atoms with E-state index in [1.54, 1.807) is 11.8 Å². The number of aromatic nitrogens is 2.